The number of benzene rings is 2. The Morgan fingerprint density at radius 2 is 1.92 bits per heavy atom. The van der Waals surface area contributed by atoms with Gasteiger partial charge in [0, 0.05) is 12.6 Å². The average molecular weight is 489 g/mol. The van der Waals surface area contributed by atoms with E-state index in [1.807, 2.05) is 31.2 Å². The van der Waals surface area contributed by atoms with Gasteiger partial charge in [-0.3, -0.25) is 9.78 Å². The molecular formula is C27H28N4O5. The van der Waals surface area contributed by atoms with E-state index in [1.54, 1.807) is 24.4 Å². The van der Waals surface area contributed by atoms with E-state index in [0.717, 1.165) is 30.9 Å². The van der Waals surface area contributed by atoms with Crippen molar-refractivity contribution in [3.63, 3.8) is 0 Å². The number of aromatic nitrogens is 2. The predicted octanol–water partition coefficient (Wildman–Crippen LogP) is 4.27. The second-order valence-electron chi connectivity index (χ2n) is 8.22. The third kappa shape index (κ3) is 6.59. The van der Waals surface area contributed by atoms with Gasteiger partial charge < -0.3 is 24.8 Å². The molecule has 1 atom stereocenters. The monoisotopic (exact) mass is 488 g/mol. The van der Waals surface area contributed by atoms with Crippen molar-refractivity contribution in [2.75, 3.05) is 29.9 Å². The molecule has 9 heteroatoms. The van der Waals surface area contributed by atoms with Crippen LogP contribution in [0.15, 0.2) is 67.0 Å². The summed E-state index contributed by atoms with van der Waals surface area (Å²) in [6.07, 6.45) is 7.95. The zero-order chi connectivity index (χ0) is 25.3. The minimum Gasteiger partial charge on any atom is -0.490 e. The Hall–Kier alpha value is -4.40. The lowest BCUT2D eigenvalue weighted by Gasteiger charge is -2.33. The highest BCUT2D eigenvalue weighted by atomic mass is 16.5. The summed E-state index contributed by atoms with van der Waals surface area (Å²) < 4.78 is 11.9. The van der Waals surface area contributed by atoms with Gasteiger partial charge in [-0.1, -0.05) is 24.3 Å². The van der Waals surface area contributed by atoms with Crippen molar-refractivity contribution in [2.24, 2.45) is 0 Å². The molecule has 3 aromatic rings. The van der Waals surface area contributed by atoms with E-state index in [0.29, 0.717) is 30.4 Å². The number of rotatable bonds is 9. The number of anilines is 2. The Bertz CT molecular complexity index is 1230. The van der Waals surface area contributed by atoms with E-state index in [9.17, 15) is 9.59 Å². The van der Waals surface area contributed by atoms with Crippen LogP contribution in [0.25, 0.3) is 6.08 Å². The fourth-order valence-electron chi connectivity index (χ4n) is 3.89. The minimum absolute atomic E-state index is 0.0316. The van der Waals surface area contributed by atoms with Crippen molar-refractivity contribution >= 4 is 29.6 Å². The van der Waals surface area contributed by atoms with E-state index in [4.69, 9.17) is 14.6 Å². The fraction of sp³-hybridized carbons (Fsp3) is 0.259. The Kier molecular flexibility index (Phi) is 8.12. The molecule has 1 saturated heterocycles. The van der Waals surface area contributed by atoms with Gasteiger partial charge in [-0.2, -0.15) is 0 Å². The molecule has 1 fully saturated rings. The van der Waals surface area contributed by atoms with Gasteiger partial charge in [0.05, 0.1) is 31.1 Å². The molecular weight excluding hydrogens is 460 g/mol. The van der Waals surface area contributed by atoms with Crippen LogP contribution in [0.5, 0.6) is 11.5 Å². The van der Waals surface area contributed by atoms with Crippen LogP contribution in [-0.2, 0) is 4.79 Å². The number of carboxylic acids is 1. The molecule has 1 aliphatic rings. The first-order valence-electron chi connectivity index (χ1n) is 11.8. The van der Waals surface area contributed by atoms with Crippen LogP contribution in [0.4, 0.5) is 11.6 Å². The number of carbonyl (C=O) groups is 2. The maximum Gasteiger partial charge on any atom is 0.335 e. The smallest absolute Gasteiger partial charge is 0.335 e. The molecule has 2 heterocycles. The summed E-state index contributed by atoms with van der Waals surface area (Å²) in [6.45, 7) is 3.96. The molecule has 2 N–H and O–H groups in total. The number of nitrogens with zero attached hydrogens (tertiary/aromatic N) is 3. The molecule has 186 valence electrons. The number of piperidine rings is 1. The quantitative estimate of drug-likeness (QED) is 0.429. The first kappa shape index (κ1) is 24.7. The van der Waals surface area contributed by atoms with Gasteiger partial charge in [-0.05, 0) is 55.7 Å². The number of nitrogens with one attached hydrogen (secondary N) is 1. The van der Waals surface area contributed by atoms with E-state index in [-0.39, 0.29) is 17.6 Å². The maximum atomic E-state index is 12.4. The molecule has 0 bridgehead atoms. The van der Waals surface area contributed by atoms with Crippen LogP contribution in [0.1, 0.15) is 35.7 Å². The van der Waals surface area contributed by atoms with Crippen LogP contribution in [0.3, 0.4) is 0 Å². The first-order valence-corrected chi connectivity index (χ1v) is 11.8. The van der Waals surface area contributed by atoms with Crippen LogP contribution >= 0.6 is 0 Å². The summed E-state index contributed by atoms with van der Waals surface area (Å²) in [5.41, 5.74) is 0.896. The van der Waals surface area contributed by atoms with Crippen molar-refractivity contribution in [3.8, 4) is 11.5 Å². The van der Waals surface area contributed by atoms with Crippen molar-refractivity contribution in [1.82, 2.24) is 9.97 Å². The highest BCUT2D eigenvalue weighted by Gasteiger charge is 2.24. The molecule has 1 amide bonds. The van der Waals surface area contributed by atoms with Crippen molar-refractivity contribution in [3.05, 3.63) is 78.1 Å². The van der Waals surface area contributed by atoms with Crippen molar-refractivity contribution in [1.29, 1.82) is 0 Å². The molecule has 4 rings (SSSR count). The number of hydrogen-bond acceptors (Lipinski definition) is 7. The molecule has 1 aliphatic heterocycles. The normalized spacial score (nSPS) is 15.5. The third-order valence-corrected chi connectivity index (χ3v) is 5.60. The second-order valence-corrected chi connectivity index (χ2v) is 8.22. The maximum absolute atomic E-state index is 12.4. The lowest BCUT2D eigenvalue weighted by Crippen LogP contribution is -2.41. The topological polar surface area (TPSA) is 114 Å². The zero-order valence-corrected chi connectivity index (χ0v) is 20.0. The van der Waals surface area contributed by atoms with Crippen molar-refractivity contribution in [2.45, 2.75) is 25.9 Å². The van der Waals surface area contributed by atoms with E-state index in [2.05, 4.69) is 20.2 Å². The van der Waals surface area contributed by atoms with Gasteiger partial charge in [0.15, 0.2) is 17.3 Å². The summed E-state index contributed by atoms with van der Waals surface area (Å²) in [6, 6.07) is 13.9. The van der Waals surface area contributed by atoms with Gasteiger partial charge in [0.25, 0.3) is 0 Å². The molecule has 0 aliphatic carbocycles. The number of carboxylic acid groups (broad SMARTS) is 1. The third-order valence-electron chi connectivity index (χ3n) is 5.60. The number of aromatic carboxylic acids is 1. The lowest BCUT2D eigenvalue weighted by atomic mass is 10.1. The summed E-state index contributed by atoms with van der Waals surface area (Å²) in [7, 11) is 0. The van der Waals surface area contributed by atoms with E-state index < -0.39 is 5.97 Å². The number of amides is 1. The summed E-state index contributed by atoms with van der Waals surface area (Å²) in [4.78, 5) is 34.2. The number of hydrogen-bond donors (Lipinski definition) is 2. The fourth-order valence-corrected chi connectivity index (χ4v) is 3.89. The van der Waals surface area contributed by atoms with Crippen LogP contribution in [0.2, 0.25) is 0 Å². The van der Waals surface area contributed by atoms with Gasteiger partial charge in [0.1, 0.15) is 11.9 Å². The first-order chi connectivity index (χ1) is 17.5. The van der Waals surface area contributed by atoms with E-state index >= 15 is 0 Å². The summed E-state index contributed by atoms with van der Waals surface area (Å²) in [5, 5.41) is 11.7. The summed E-state index contributed by atoms with van der Waals surface area (Å²) in [5.74, 6) is 1.09. The molecule has 36 heavy (non-hydrogen) atoms. The Balaban J connectivity index is 1.37. The number of ether oxygens (including phenoxy) is 2. The van der Waals surface area contributed by atoms with E-state index in [1.165, 1.54) is 24.4 Å². The molecule has 1 unspecified atom stereocenters. The standard InChI is InChI=1S/C27H28N4O5/c1-2-35-22-7-3-4-8-23(22)36-21-6-5-15-31(18-21)25-17-28-16-24(29-25)30-26(32)14-11-19-9-12-20(13-10-19)27(33)34/h3-4,7-14,16-17,21H,2,5-6,15,18H2,1H3,(H,33,34)(H,29,30,32)/b14-11+. The molecule has 9 nitrogen and oxygen atoms in total. The second kappa shape index (κ2) is 11.8. The largest absolute Gasteiger partial charge is 0.490 e. The Morgan fingerprint density at radius 1 is 1.14 bits per heavy atom. The SMILES string of the molecule is CCOc1ccccc1OC1CCCN(c2cncc(NC(=O)/C=C/c3ccc(C(=O)O)cc3)n2)C1. The molecule has 0 saturated carbocycles. The molecule has 0 radical (unpaired) electrons. The predicted molar refractivity (Wildman–Crippen MR) is 137 cm³/mol. The zero-order valence-electron chi connectivity index (χ0n) is 20.0. The number of para-hydroxylation sites is 2. The average Bonchev–Trinajstić information content (AvgIpc) is 2.89. The van der Waals surface area contributed by atoms with Crippen LogP contribution in [0, 0.1) is 0 Å². The molecule has 0 spiro atoms. The molecule has 2 aromatic carbocycles. The van der Waals surface area contributed by atoms with Crippen LogP contribution in [-0.4, -0.2) is 52.8 Å². The summed E-state index contributed by atoms with van der Waals surface area (Å²) >= 11 is 0. The highest BCUT2D eigenvalue weighted by Crippen LogP contribution is 2.30. The lowest BCUT2D eigenvalue weighted by molar-refractivity contribution is -0.111. The Labute approximate surface area is 209 Å². The minimum atomic E-state index is -0.997. The highest BCUT2D eigenvalue weighted by molar-refractivity contribution is 6.01. The van der Waals surface area contributed by atoms with Crippen molar-refractivity contribution < 1.29 is 24.2 Å². The Morgan fingerprint density at radius 3 is 2.67 bits per heavy atom. The van der Waals surface area contributed by atoms with Crippen LogP contribution < -0.4 is 19.7 Å². The van der Waals surface area contributed by atoms with Gasteiger partial charge >= 0.3 is 5.97 Å². The van der Waals surface area contributed by atoms with Gasteiger partial charge in [0.2, 0.25) is 5.91 Å². The van der Waals surface area contributed by atoms with Gasteiger partial charge in [-0.25, -0.2) is 9.78 Å². The number of carbonyl (C=O) groups excluding carboxylic acids is 1. The molecule has 1 aromatic heterocycles. The van der Waals surface area contributed by atoms with Gasteiger partial charge in [-0.15, -0.1) is 0 Å².